The van der Waals surface area contributed by atoms with E-state index in [4.69, 9.17) is 0 Å². The smallest absolute Gasteiger partial charge is 0.226 e. The number of carbonyl (C=O) groups excluding carboxylic acids is 1. The fourth-order valence-electron chi connectivity index (χ4n) is 4.90. The zero-order valence-corrected chi connectivity index (χ0v) is 13.4. The van der Waals surface area contributed by atoms with E-state index >= 15 is 0 Å². The molecule has 0 unspecified atom stereocenters. The topological polar surface area (TPSA) is 49.3 Å². The Hall–Kier alpha value is -0.0900. The van der Waals surface area contributed by atoms with E-state index in [2.05, 4.69) is 21.2 Å². The molecule has 2 N–H and O–H groups in total. The molecule has 4 fully saturated rings. The standard InChI is InChI=1S/C15H24BrNO2/c1-13(2,9-18)17-12(19)14-4-10-3-11(5-14)7-15(16,6-10)8-14/h10-11,18H,3-9H2,1-2H3,(H,17,19)/t10-,11-,14?,15?/m1/s1. The Bertz CT molecular complexity index is 393. The number of nitrogens with one attached hydrogen (secondary N) is 1. The van der Waals surface area contributed by atoms with Crippen LogP contribution in [-0.2, 0) is 4.79 Å². The van der Waals surface area contributed by atoms with Gasteiger partial charge in [0.1, 0.15) is 0 Å². The summed E-state index contributed by atoms with van der Waals surface area (Å²) >= 11 is 3.93. The number of alkyl halides is 1. The monoisotopic (exact) mass is 329 g/mol. The van der Waals surface area contributed by atoms with Crippen molar-refractivity contribution in [2.75, 3.05) is 6.61 Å². The van der Waals surface area contributed by atoms with Crippen molar-refractivity contribution in [1.82, 2.24) is 5.32 Å². The number of halogens is 1. The Balaban J connectivity index is 1.82. The summed E-state index contributed by atoms with van der Waals surface area (Å²) in [5, 5.41) is 12.4. The Kier molecular flexibility index (Phi) is 3.07. The van der Waals surface area contributed by atoms with Gasteiger partial charge in [-0.1, -0.05) is 15.9 Å². The van der Waals surface area contributed by atoms with Crippen LogP contribution in [0.3, 0.4) is 0 Å². The Morgan fingerprint density at radius 3 is 2.37 bits per heavy atom. The number of aliphatic hydroxyl groups is 1. The molecule has 3 nitrogen and oxygen atoms in total. The second-order valence-corrected chi connectivity index (χ2v) is 9.57. The molecule has 0 aromatic rings. The highest BCUT2D eigenvalue weighted by Crippen LogP contribution is 2.64. The van der Waals surface area contributed by atoms with E-state index in [1.165, 1.54) is 19.3 Å². The largest absolute Gasteiger partial charge is 0.394 e. The highest BCUT2D eigenvalue weighted by Gasteiger charge is 2.60. The van der Waals surface area contributed by atoms with Crippen molar-refractivity contribution in [3.8, 4) is 0 Å². The molecule has 4 aliphatic carbocycles. The number of hydrogen-bond acceptors (Lipinski definition) is 2. The van der Waals surface area contributed by atoms with E-state index in [1.807, 2.05) is 13.8 Å². The highest BCUT2D eigenvalue weighted by molar-refractivity contribution is 9.10. The summed E-state index contributed by atoms with van der Waals surface area (Å²) in [4.78, 5) is 12.8. The molecule has 4 bridgehead atoms. The van der Waals surface area contributed by atoms with Crippen molar-refractivity contribution in [3.63, 3.8) is 0 Å². The third-order valence-corrected chi connectivity index (χ3v) is 6.25. The van der Waals surface area contributed by atoms with Crippen LogP contribution >= 0.6 is 15.9 Å². The number of amides is 1. The minimum atomic E-state index is -0.514. The minimum absolute atomic E-state index is 0.0128. The van der Waals surface area contributed by atoms with Crippen LogP contribution in [0.1, 0.15) is 52.4 Å². The van der Waals surface area contributed by atoms with E-state index in [0.717, 1.165) is 19.3 Å². The van der Waals surface area contributed by atoms with E-state index < -0.39 is 5.54 Å². The summed E-state index contributed by atoms with van der Waals surface area (Å²) in [6.07, 6.45) is 6.85. The molecule has 0 aromatic heterocycles. The van der Waals surface area contributed by atoms with Crippen molar-refractivity contribution in [2.45, 2.75) is 62.2 Å². The molecule has 4 aliphatic rings. The van der Waals surface area contributed by atoms with Gasteiger partial charge in [-0.05, 0) is 64.2 Å². The fraction of sp³-hybridized carbons (Fsp3) is 0.933. The maximum absolute atomic E-state index is 12.8. The van der Waals surface area contributed by atoms with Gasteiger partial charge >= 0.3 is 0 Å². The minimum Gasteiger partial charge on any atom is -0.394 e. The maximum atomic E-state index is 12.8. The molecule has 0 aliphatic heterocycles. The predicted octanol–water partition coefficient (Wildman–Crippen LogP) is 2.61. The first-order valence-corrected chi connectivity index (χ1v) is 8.18. The van der Waals surface area contributed by atoms with Crippen LogP contribution in [0.5, 0.6) is 0 Å². The predicted molar refractivity (Wildman–Crippen MR) is 78.1 cm³/mol. The number of rotatable bonds is 3. The van der Waals surface area contributed by atoms with Crippen LogP contribution in [-0.4, -0.2) is 27.5 Å². The van der Waals surface area contributed by atoms with Crippen LogP contribution in [0.4, 0.5) is 0 Å². The molecule has 4 heteroatoms. The zero-order chi connectivity index (χ0) is 13.9. The Morgan fingerprint density at radius 1 is 1.32 bits per heavy atom. The molecule has 0 heterocycles. The van der Waals surface area contributed by atoms with E-state index in [1.54, 1.807) is 0 Å². The van der Waals surface area contributed by atoms with Gasteiger partial charge in [-0.3, -0.25) is 4.79 Å². The molecular formula is C15H24BrNO2. The second-order valence-electron chi connectivity index (χ2n) is 7.89. The van der Waals surface area contributed by atoms with E-state index in [-0.39, 0.29) is 22.3 Å². The Labute approximate surface area is 123 Å². The molecule has 4 rings (SSSR count). The summed E-state index contributed by atoms with van der Waals surface area (Å²) in [5.74, 6) is 1.59. The molecule has 2 atom stereocenters. The van der Waals surface area contributed by atoms with Crippen LogP contribution in [0.25, 0.3) is 0 Å². The van der Waals surface area contributed by atoms with Crippen LogP contribution in [0, 0.1) is 17.3 Å². The third kappa shape index (κ3) is 2.35. The molecule has 19 heavy (non-hydrogen) atoms. The van der Waals surface area contributed by atoms with E-state index in [9.17, 15) is 9.90 Å². The van der Waals surface area contributed by atoms with Crippen LogP contribution in [0.2, 0.25) is 0 Å². The lowest BCUT2D eigenvalue weighted by Gasteiger charge is -2.59. The van der Waals surface area contributed by atoms with Gasteiger partial charge in [-0.15, -0.1) is 0 Å². The molecule has 0 aromatic carbocycles. The molecule has 0 saturated heterocycles. The van der Waals surface area contributed by atoms with Gasteiger partial charge in [0.15, 0.2) is 0 Å². The lowest BCUT2D eigenvalue weighted by molar-refractivity contribution is -0.146. The van der Waals surface area contributed by atoms with E-state index in [0.29, 0.717) is 11.8 Å². The third-order valence-electron chi connectivity index (χ3n) is 5.32. The molecule has 0 spiro atoms. The van der Waals surface area contributed by atoms with Crippen molar-refractivity contribution < 1.29 is 9.90 Å². The zero-order valence-electron chi connectivity index (χ0n) is 11.8. The SMILES string of the molecule is CC(C)(CO)NC(=O)C12C[C@H]3C[C@@H](CC(Br)(C3)C1)C2. The van der Waals surface area contributed by atoms with Crippen LogP contribution in [0.15, 0.2) is 0 Å². The molecule has 1 amide bonds. The van der Waals surface area contributed by atoms with Crippen molar-refractivity contribution in [1.29, 1.82) is 0 Å². The highest BCUT2D eigenvalue weighted by atomic mass is 79.9. The van der Waals surface area contributed by atoms with Gasteiger partial charge in [-0.2, -0.15) is 0 Å². The van der Waals surface area contributed by atoms with Crippen molar-refractivity contribution in [3.05, 3.63) is 0 Å². The van der Waals surface area contributed by atoms with Gasteiger partial charge < -0.3 is 10.4 Å². The summed E-state index contributed by atoms with van der Waals surface area (Å²) < 4.78 is 0.206. The van der Waals surface area contributed by atoms with Gasteiger partial charge in [0.05, 0.1) is 17.6 Å². The van der Waals surface area contributed by atoms with Gasteiger partial charge in [0.25, 0.3) is 0 Å². The first-order chi connectivity index (χ1) is 8.76. The number of hydrogen-bond donors (Lipinski definition) is 2. The lowest BCUT2D eigenvalue weighted by Crippen LogP contribution is -2.61. The molecule has 108 valence electrons. The molecule has 4 saturated carbocycles. The number of carbonyl (C=O) groups is 1. The average Bonchev–Trinajstić information content (AvgIpc) is 2.25. The van der Waals surface area contributed by atoms with Crippen LogP contribution < -0.4 is 5.32 Å². The summed E-state index contributed by atoms with van der Waals surface area (Å²) in [7, 11) is 0. The summed E-state index contributed by atoms with van der Waals surface area (Å²) in [5.41, 5.74) is -0.695. The Morgan fingerprint density at radius 2 is 1.89 bits per heavy atom. The van der Waals surface area contributed by atoms with Gasteiger partial charge in [0.2, 0.25) is 5.91 Å². The fourth-order valence-corrected chi connectivity index (χ4v) is 6.35. The second kappa shape index (κ2) is 4.20. The van der Waals surface area contributed by atoms with Crippen molar-refractivity contribution in [2.24, 2.45) is 17.3 Å². The summed E-state index contributed by atoms with van der Waals surface area (Å²) in [6.45, 7) is 3.76. The number of aliphatic hydroxyl groups excluding tert-OH is 1. The summed E-state index contributed by atoms with van der Waals surface area (Å²) in [6, 6.07) is 0. The average molecular weight is 330 g/mol. The molecule has 0 radical (unpaired) electrons. The molecular weight excluding hydrogens is 306 g/mol. The van der Waals surface area contributed by atoms with Crippen molar-refractivity contribution >= 4 is 21.8 Å². The first kappa shape index (κ1) is 13.9. The van der Waals surface area contributed by atoms with Gasteiger partial charge in [-0.25, -0.2) is 0 Å². The lowest BCUT2D eigenvalue weighted by atomic mass is 9.49. The quantitative estimate of drug-likeness (QED) is 0.782. The maximum Gasteiger partial charge on any atom is 0.226 e. The first-order valence-electron chi connectivity index (χ1n) is 7.38. The van der Waals surface area contributed by atoms with Gasteiger partial charge in [0, 0.05) is 4.32 Å². The normalized spacial score (nSPS) is 44.4.